The molecule has 6 nitrogen and oxygen atoms in total. The van der Waals surface area contributed by atoms with E-state index in [1.54, 1.807) is 18.2 Å². The lowest BCUT2D eigenvalue weighted by Crippen LogP contribution is -2.25. The Kier molecular flexibility index (Phi) is 4.39. The Morgan fingerprint density at radius 1 is 1.24 bits per heavy atom. The minimum Gasteiger partial charge on any atom is -0.475 e. The van der Waals surface area contributed by atoms with Crippen LogP contribution in [0.4, 0.5) is 4.39 Å². The van der Waals surface area contributed by atoms with Crippen molar-refractivity contribution in [2.75, 3.05) is 6.54 Å². The van der Waals surface area contributed by atoms with Crippen LogP contribution in [0.3, 0.4) is 0 Å². The zero-order chi connectivity index (χ0) is 15.5. The monoisotopic (exact) mass is 313 g/mol. The zero-order valence-electron chi connectivity index (χ0n) is 10.7. The normalized spacial score (nSPS) is 11.5. The number of carboxylic acids is 1. The summed E-state index contributed by atoms with van der Waals surface area (Å²) in [5.41, 5.74) is 0.380. The molecule has 0 atom stereocenters. The number of furan rings is 1. The fourth-order valence-electron chi connectivity index (χ4n) is 1.67. The fourth-order valence-corrected chi connectivity index (χ4v) is 2.63. The first kappa shape index (κ1) is 15.2. The molecule has 0 aliphatic rings. The quantitative estimate of drug-likeness (QED) is 0.845. The Morgan fingerprint density at radius 3 is 2.57 bits per heavy atom. The molecule has 2 N–H and O–H groups in total. The van der Waals surface area contributed by atoms with Crippen LogP contribution in [-0.4, -0.2) is 26.0 Å². The topological polar surface area (TPSA) is 96.6 Å². The highest BCUT2D eigenvalue weighted by molar-refractivity contribution is 7.89. The van der Waals surface area contributed by atoms with Gasteiger partial charge in [-0.15, -0.1) is 0 Å². The minimum absolute atomic E-state index is 0.0353. The molecule has 0 fully saturated rings. The van der Waals surface area contributed by atoms with Crippen molar-refractivity contribution in [2.45, 2.75) is 11.5 Å². The second-order valence-corrected chi connectivity index (χ2v) is 5.86. The van der Waals surface area contributed by atoms with E-state index >= 15 is 0 Å². The first-order valence-electron chi connectivity index (χ1n) is 5.96. The standard InChI is InChI=1S/C13H12FNO5S/c14-10-4-2-1-3-9(10)7-8-15-21(18,19)12-6-5-11(20-12)13(16)17/h1-6,15H,7-8H2,(H,16,17). The molecule has 2 rings (SSSR count). The van der Waals surface area contributed by atoms with Crippen LogP contribution in [-0.2, 0) is 16.4 Å². The van der Waals surface area contributed by atoms with E-state index in [1.807, 2.05) is 0 Å². The summed E-state index contributed by atoms with van der Waals surface area (Å²) in [5.74, 6) is -2.24. The van der Waals surface area contributed by atoms with Gasteiger partial charge in [-0.2, -0.15) is 0 Å². The second-order valence-electron chi connectivity index (χ2n) is 4.16. The highest BCUT2D eigenvalue weighted by Gasteiger charge is 2.20. The molecule has 0 saturated carbocycles. The van der Waals surface area contributed by atoms with E-state index in [0.717, 1.165) is 12.1 Å². The predicted molar refractivity (Wildman–Crippen MR) is 71.0 cm³/mol. The van der Waals surface area contributed by atoms with Crippen molar-refractivity contribution >= 4 is 16.0 Å². The summed E-state index contributed by atoms with van der Waals surface area (Å²) >= 11 is 0. The molecule has 0 radical (unpaired) electrons. The zero-order valence-corrected chi connectivity index (χ0v) is 11.6. The van der Waals surface area contributed by atoms with Crippen LogP contribution in [0.1, 0.15) is 16.1 Å². The molecule has 2 aromatic rings. The fraction of sp³-hybridized carbons (Fsp3) is 0.154. The van der Waals surface area contributed by atoms with Crippen molar-refractivity contribution in [3.8, 4) is 0 Å². The van der Waals surface area contributed by atoms with Gasteiger partial charge >= 0.3 is 5.97 Å². The molecular weight excluding hydrogens is 301 g/mol. The molecule has 112 valence electrons. The number of hydrogen-bond donors (Lipinski definition) is 2. The van der Waals surface area contributed by atoms with Crippen molar-refractivity contribution in [3.63, 3.8) is 0 Å². The van der Waals surface area contributed by atoms with Crippen LogP contribution in [0.2, 0.25) is 0 Å². The Morgan fingerprint density at radius 2 is 1.95 bits per heavy atom. The molecule has 0 aliphatic carbocycles. The Hall–Kier alpha value is -2.19. The molecule has 21 heavy (non-hydrogen) atoms. The van der Waals surface area contributed by atoms with Crippen molar-refractivity contribution in [2.24, 2.45) is 0 Å². The summed E-state index contributed by atoms with van der Waals surface area (Å²) in [6.07, 6.45) is 0.165. The lowest BCUT2D eigenvalue weighted by Gasteiger charge is -2.05. The SMILES string of the molecule is O=C(O)c1ccc(S(=O)(=O)NCCc2ccccc2F)o1. The van der Waals surface area contributed by atoms with Crippen molar-refractivity contribution in [1.82, 2.24) is 4.72 Å². The van der Waals surface area contributed by atoms with Gasteiger partial charge in [0.1, 0.15) is 5.82 Å². The minimum atomic E-state index is -3.96. The number of carbonyl (C=O) groups is 1. The van der Waals surface area contributed by atoms with Gasteiger partial charge in [-0.3, -0.25) is 0 Å². The van der Waals surface area contributed by atoms with Gasteiger partial charge < -0.3 is 9.52 Å². The summed E-state index contributed by atoms with van der Waals surface area (Å²) in [6, 6.07) is 8.13. The van der Waals surface area contributed by atoms with E-state index in [-0.39, 0.29) is 13.0 Å². The summed E-state index contributed by atoms with van der Waals surface area (Å²) in [6.45, 7) is -0.0353. The Labute approximate surface area is 120 Å². The maximum Gasteiger partial charge on any atom is 0.371 e. The Bertz CT molecular complexity index is 753. The molecule has 0 unspecified atom stereocenters. The molecule has 1 aromatic carbocycles. The highest BCUT2D eigenvalue weighted by atomic mass is 32.2. The number of halogens is 1. The number of carboxylic acid groups (broad SMARTS) is 1. The number of aromatic carboxylic acids is 1. The largest absolute Gasteiger partial charge is 0.475 e. The average Bonchev–Trinajstić information content (AvgIpc) is 2.91. The van der Waals surface area contributed by atoms with Crippen molar-refractivity contribution in [3.05, 3.63) is 53.5 Å². The molecule has 8 heteroatoms. The first-order chi connectivity index (χ1) is 9.90. The summed E-state index contributed by atoms with van der Waals surface area (Å²) in [4.78, 5) is 10.6. The number of rotatable bonds is 6. The Balaban J connectivity index is 2.01. The number of benzene rings is 1. The summed E-state index contributed by atoms with van der Waals surface area (Å²) < 4.78 is 44.0. The lowest BCUT2D eigenvalue weighted by atomic mass is 10.1. The summed E-state index contributed by atoms with van der Waals surface area (Å²) in [7, 11) is -3.96. The maximum absolute atomic E-state index is 13.4. The van der Waals surface area contributed by atoms with Crippen LogP contribution in [0.15, 0.2) is 45.9 Å². The third-order valence-electron chi connectivity index (χ3n) is 2.70. The van der Waals surface area contributed by atoms with Gasteiger partial charge in [0.15, 0.2) is 0 Å². The lowest BCUT2D eigenvalue weighted by molar-refractivity contribution is 0.0656. The second kappa shape index (κ2) is 6.06. The molecular formula is C13H12FNO5S. The van der Waals surface area contributed by atoms with Gasteiger partial charge in [0, 0.05) is 6.54 Å². The van der Waals surface area contributed by atoms with Gasteiger partial charge in [0.05, 0.1) is 0 Å². The third kappa shape index (κ3) is 3.67. The molecule has 1 heterocycles. The van der Waals surface area contributed by atoms with Gasteiger partial charge in [-0.1, -0.05) is 18.2 Å². The first-order valence-corrected chi connectivity index (χ1v) is 7.44. The van der Waals surface area contributed by atoms with E-state index in [2.05, 4.69) is 4.72 Å². The molecule has 0 saturated heterocycles. The van der Waals surface area contributed by atoms with E-state index in [1.165, 1.54) is 6.07 Å². The van der Waals surface area contributed by atoms with Crippen LogP contribution in [0.5, 0.6) is 0 Å². The number of hydrogen-bond acceptors (Lipinski definition) is 4. The van der Waals surface area contributed by atoms with Crippen molar-refractivity contribution < 1.29 is 27.1 Å². The van der Waals surface area contributed by atoms with E-state index < -0.39 is 32.7 Å². The maximum atomic E-state index is 13.4. The third-order valence-corrected chi connectivity index (χ3v) is 4.03. The van der Waals surface area contributed by atoms with Crippen LogP contribution in [0.25, 0.3) is 0 Å². The highest BCUT2D eigenvalue weighted by Crippen LogP contribution is 2.14. The molecule has 0 amide bonds. The van der Waals surface area contributed by atoms with E-state index in [0.29, 0.717) is 5.56 Å². The molecule has 1 aromatic heterocycles. The van der Waals surface area contributed by atoms with Gasteiger partial charge in [0.25, 0.3) is 10.0 Å². The van der Waals surface area contributed by atoms with E-state index in [4.69, 9.17) is 9.52 Å². The van der Waals surface area contributed by atoms with Gasteiger partial charge in [-0.25, -0.2) is 22.3 Å². The molecule has 0 spiro atoms. The van der Waals surface area contributed by atoms with Crippen LogP contribution >= 0.6 is 0 Å². The molecule has 0 aliphatic heterocycles. The van der Waals surface area contributed by atoms with Crippen LogP contribution in [0, 0.1) is 5.82 Å². The number of sulfonamides is 1. The average molecular weight is 313 g/mol. The number of nitrogens with one attached hydrogen (secondary N) is 1. The predicted octanol–water partition coefficient (Wildman–Crippen LogP) is 1.64. The van der Waals surface area contributed by atoms with Crippen LogP contribution < -0.4 is 4.72 Å². The molecule has 0 bridgehead atoms. The summed E-state index contributed by atoms with van der Waals surface area (Å²) in [5, 5.41) is 8.18. The van der Waals surface area contributed by atoms with Gasteiger partial charge in [0.2, 0.25) is 10.9 Å². The van der Waals surface area contributed by atoms with Gasteiger partial charge in [-0.05, 0) is 30.2 Å². The van der Waals surface area contributed by atoms with E-state index in [9.17, 15) is 17.6 Å². The smallest absolute Gasteiger partial charge is 0.371 e. The van der Waals surface area contributed by atoms with Crippen molar-refractivity contribution in [1.29, 1.82) is 0 Å².